The van der Waals surface area contributed by atoms with E-state index in [1.807, 2.05) is 13.1 Å². The summed E-state index contributed by atoms with van der Waals surface area (Å²) in [7, 11) is 1.99. The molecule has 1 N–H and O–H groups in total. The second kappa shape index (κ2) is 5.94. The van der Waals surface area contributed by atoms with Gasteiger partial charge in [0.05, 0.1) is 0 Å². The van der Waals surface area contributed by atoms with Gasteiger partial charge in [-0.25, -0.2) is 0 Å². The minimum atomic E-state index is 0.759. The normalized spacial score (nSPS) is 24.3. The topological polar surface area (TPSA) is 15.3 Å². The second-order valence-electron chi connectivity index (χ2n) is 5.65. The highest BCUT2D eigenvalue weighted by Gasteiger charge is 2.23. The van der Waals surface area contributed by atoms with E-state index >= 15 is 0 Å². The van der Waals surface area contributed by atoms with Gasteiger partial charge in [-0.05, 0) is 43.0 Å². The molecule has 0 aromatic heterocycles. The van der Waals surface area contributed by atoms with Gasteiger partial charge >= 0.3 is 0 Å². The first kappa shape index (κ1) is 13.7. The van der Waals surface area contributed by atoms with Crippen LogP contribution in [0.15, 0.2) is 18.2 Å². The summed E-state index contributed by atoms with van der Waals surface area (Å²) in [5, 5.41) is 4.07. The third kappa shape index (κ3) is 3.18. The number of benzene rings is 1. The Bertz CT molecular complexity index is 395. The number of rotatable bonds is 3. The number of anilines is 1. The Hall–Kier alpha value is -0.730. The molecule has 18 heavy (non-hydrogen) atoms. The van der Waals surface area contributed by atoms with Crippen LogP contribution in [0.4, 0.5) is 5.69 Å². The van der Waals surface area contributed by atoms with E-state index < -0.39 is 0 Å². The van der Waals surface area contributed by atoms with Crippen LogP contribution < -0.4 is 10.2 Å². The Labute approximate surface area is 115 Å². The Morgan fingerprint density at radius 3 is 2.56 bits per heavy atom. The first-order valence-corrected chi connectivity index (χ1v) is 7.16. The van der Waals surface area contributed by atoms with Crippen molar-refractivity contribution >= 4 is 17.3 Å². The molecule has 2 atom stereocenters. The third-order valence-electron chi connectivity index (χ3n) is 3.62. The van der Waals surface area contributed by atoms with E-state index in [0.717, 1.165) is 36.5 Å². The summed E-state index contributed by atoms with van der Waals surface area (Å²) in [5.41, 5.74) is 2.64. The zero-order chi connectivity index (χ0) is 13.1. The fourth-order valence-electron chi connectivity index (χ4n) is 3.03. The van der Waals surface area contributed by atoms with E-state index in [9.17, 15) is 0 Å². The lowest BCUT2D eigenvalue weighted by Gasteiger charge is -2.37. The molecule has 2 nitrogen and oxygen atoms in total. The molecule has 1 fully saturated rings. The van der Waals surface area contributed by atoms with Gasteiger partial charge < -0.3 is 10.2 Å². The first-order chi connectivity index (χ1) is 8.60. The van der Waals surface area contributed by atoms with Crippen LogP contribution in [0, 0.1) is 11.8 Å². The lowest BCUT2D eigenvalue weighted by Crippen LogP contribution is -2.39. The number of piperidine rings is 1. The predicted molar refractivity (Wildman–Crippen MR) is 79.4 cm³/mol. The van der Waals surface area contributed by atoms with Crippen LogP contribution in [0.3, 0.4) is 0 Å². The maximum Gasteiger partial charge on any atom is 0.0426 e. The molecule has 0 radical (unpaired) electrons. The highest BCUT2D eigenvalue weighted by molar-refractivity contribution is 6.30. The number of halogens is 1. The average molecular weight is 267 g/mol. The Morgan fingerprint density at radius 2 is 1.94 bits per heavy atom. The van der Waals surface area contributed by atoms with Gasteiger partial charge in [0.1, 0.15) is 0 Å². The largest absolute Gasteiger partial charge is 0.371 e. The summed E-state index contributed by atoms with van der Waals surface area (Å²) in [6.07, 6.45) is 1.33. The summed E-state index contributed by atoms with van der Waals surface area (Å²) < 4.78 is 0. The van der Waals surface area contributed by atoms with Crippen molar-refractivity contribution in [3.8, 4) is 0 Å². The Morgan fingerprint density at radius 1 is 1.28 bits per heavy atom. The minimum absolute atomic E-state index is 0.759. The van der Waals surface area contributed by atoms with E-state index in [-0.39, 0.29) is 0 Å². The van der Waals surface area contributed by atoms with E-state index in [2.05, 4.69) is 36.2 Å². The van der Waals surface area contributed by atoms with Crippen LogP contribution in [0.2, 0.25) is 5.02 Å². The van der Waals surface area contributed by atoms with Crippen molar-refractivity contribution in [1.29, 1.82) is 0 Å². The van der Waals surface area contributed by atoms with Crippen molar-refractivity contribution in [3.05, 3.63) is 28.8 Å². The van der Waals surface area contributed by atoms with Crippen LogP contribution in [0.5, 0.6) is 0 Å². The van der Waals surface area contributed by atoms with Crippen LogP contribution in [0.1, 0.15) is 25.8 Å². The van der Waals surface area contributed by atoms with Gasteiger partial charge in [-0.15, -0.1) is 0 Å². The fourth-order valence-corrected chi connectivity index (χ4v) is 3.20. The molecule has 1 saturated heterocycles. The summed E-state index contributed by atoms with van der Waals surface area (Å²) in [6.45, 7) is 7.85. The average Bonchev–Trinajstić information content (AvgIpc) is 2.30. The van der Waals surface area contributed by atoms with Gasteiger partial charge in [-0.3, -0.25) is 0 Å². The van der Waals surface area contributed by atoms with Crippen molar-refractivity contribution in [1.82, 2.24) is 5.32 Å². The van der Waals surface area contributed by atoms with Gasteiger partial charge in [0.25, 0.3) is 0 Å². The standard InChI is InChI=1S/C15H23ClN2/c1-11-6-12(2)10-18(9-11)15-7-14(16)5-4-13(15)8-17-3/h4-5,7,11-12,17H,6,8-10H2,1-3H3. The molecule has 0 amide bonds. The van der Waals surface area contributed by atoms with Crippen LogP contribution in [-0.2, 0) is 6.54 Å². The lowest BCUT2D eigenvalue weighted by atomic mass is 9.91. The summed E-state index contributed by atoms with van der Waals surface area (Å²) in [5.74, 6) is 1.52. The zero-order valence-electron chi connectivity index (χ0n) is 11.5. The van der Waals surface area contributed by atoms with Crippen molar-refractivity contribution in [2.24, 2.45) is 11.8 Å². The van der Waals surface area contributed by atoms with E-state index in [1.54, 1.807) is 0 Å². The minimum Gasteiger partial charge on any atom is -0.371 e. The molecule has 0 aliphatic carbocycles. The fraction of sp³-hybridized carbons (Fsp3) is 0.600. The van der Waals surface area contributed by atoms with E-state index in [0.29, 0.717) is 0 Å². The number of hydrogen-bond donors (Lipinski definition) is 1. The number of hydrogen-bond acceptors (Lipinski definition) is 2. The molecule has 1 heterocycles. The maximum absolute atomic E-state index is 6.16. The second-order valence-corrected chi connectivity index (χ2v) is 6.09. The summed E-state index contributed by atoms with van der Waals surface area (Å²) in [4.78, 5) is 2.50. The van der Waals surface area contributed by atoms with Crippen molar-refractivity contribution < 1.29 is 0 Å². The molecular formula is C15H23ClN2. The lowest BCUT2D eigenvalue weighted by molar-refractivity contribution is 0.356. The molecule has 100 valence electrons. The monoisotopic (exact) mass is 266 g/mol. The molecule has 1 aromatic rings. The highest BCUT2D eigenvalue weighted by atomic mass is 35.5. The number of nitrogens with one attached hydrogen (secondary N) is 1. The molecule has 1 aliphatic rings. The zero-order valence-corrected chi connectivity index (χ0v) is 12.3. The van der Waals surface area contributed by atoms with Gasteiger partial charge in [0.2, 0.25) is 0 Å². The van der Waals surface area contributed by atoms with Gasteiger partial charge in [0.15, 0.2) is 0 Å². The summed E-state index contributed by atoms with van der Waals surface area (Å²) >= 11 is 6.16. The van der Waals surface area contributed by atoms with Crippen molar-refractivity contribution in [2.75, 3.05) is 25.0 Å². The van der Waals surface area contributed by atoms with Crippen molar-refractivity contribution in [3.63, 3.8) is 0 Å². The van der Waals surface area contributed by atoms with Crippen molar-refractivity contribution in [2.45, 2.75) is 26.8 Å². The maximum atomic E-state index is 6.16. The van der Waals surface area contributed by atoms with Crippen LogP contribution >= 0.6 is 11.6 Å². The molecule has 1 aromatic carbocycles. The Kier molecular flexibility index (Phi) is 4.52. The summed E-state index contributed by atoms with van der Waals surface area (Å²) in [6, 6.07) is 6.23. The molecule has 1 aliphatic heterocycles. The van der Waals surface area contributed by atoms with E-state index in [1.165, 1.54) is 17.7 Å². The van der Waals surface area contributed by atoms with Gasteiger partial charge in [-0.1, -0.05) is 31.5 Å². The van der Waals surface area contributed by atoms with Gasteiger partial charge in [-0.2, -0.15) is 0 Å². The van der Waals surface area contributed by atoms with Crippen LogP contribution in [0.25, 0.3) is 0 Å². The molecule has 0 bridgehead atoms. The third-order valence-corrected chi connectivity index (χ3v) is 3.86. The van der Waals surface area contributed by atoms with E-state index in [4.69, 9.17) is 11.6 Å². The highest BCUT2D eigenvalue weighted by Crippen LogP contribution is 2.30. The molecule has 0 saturated carbocycles. The first-order valence-electron chi connectivity index (χ1n) is 6.78. The Balaban J connectivity index is 2.27. The quantitative estimate of drug-likeness (QED) is 0.900. The molecule has 2 unspecified atom stereocenters. The number of nitrogens with zero attached hydrogens (tertiary/aromatic N) is 1. The predicted octanol–water partition coefficient (Wildman–Crippen LogP) is 3.54. The smallest absolute Gasteiger partial charge is 0.0426 e. The molecular weight excluding hydrogens is 244 g/mol. The molecule has 3 heteroatoms. The molecule has 2 rings (SSSR count). The molecule has 0 spiro atoms. The van der Waals surface area contributed by atoms with Crippen LogP contribution in [-0.4, -0.2) is 20.1 Å². The van der Waals surface area contributed by atoms with Gasteiger partial charge in [0, 0.05) is 30.3 Å². The SMILES string of the molecule is CNCc1ccc(Cl)cc1N1CC(C)CC(C)C1.